The van der Waals surface area contributed by atoms with E-state index < -0.39 is 12.1 Å². The molecule has 11 nitrogen and oxygen atoms in total. The molecule has 1 aromatic heterocycles. The number of nitrogens with one attached hydrogen (secondary N) is 3. The first kappa shape index (κ1) is 36.8. The van der Waals surface area contributed by atoms with Crippen molar-refractivity contribution < 1.29 is 19.2 Å². The molecule has 1 unspecified atom stereocenters. The van der Waals surface area contributed by atoms with Crippen molar-refractivity contribution in [2.24, 2.45) is 5.92 Å². The molecule has 2 fully saturated rings. The van der Waals surface area contributed by atoms with Crippen molar-refractivity contribution in [3.63, 3.8) is 0 Å². The van der Waals surface area contributed by atoms with E-state index in [1.807, 2.05) is 61.2 Å². The van der Waals surface area contributed by atoms with Gasteiger partial charge in [0, 0.05) is 63.5 Å². The van der Waals surface area contributed by atoms with Gasteiger partial charge in [-0.15, -0.1) is 0 Å². The molecule has 1 saturated heterocycles. The van der Waals surface area contributed by atoms with E-state index in [1.54, 1.807) is 23.9 Å². The summed E-state index contributed by atoms with van der Waals surface area (Å²) in [6.45, 7) is 9.31. The normalized spacial score (nSPS) is 17.1. The van der Waals surface area contributed by atoms with Crippen LogP contribution in [0.2, 0.25) is 0 Å². The summed E-state index contributed by atoms with van der Waals surface area (Å²) in [4.78, 5) is 57.6. The highest BCUT2D eigenvalue weighted by molar-refractivity contribution is 6.00. The van der Waals surface area contributed by atoms with Crippen molar-refractivity contribution in [3.8, 4) is 0 Å². The zero-order chi connectivity index (χ0) is 35.5. The van der Waals surface area contributed by atoms with Crippen LogP contribution < -0.4 is 16.0 Å². The van der Waals surface area contributed by atoms with Crippen LogP contribution in [0.15, 0.2) is 66.9 Å². The van der Waals surface area contributed by atoms with Crippen LogP contribution in [0.25, 0.3) is 0 Å². The number of benzene rings is 2. The number of aromatic nitrogens is 2. The van der Waals surface area contributed by atoms with Crippen LogP contribution in [0, 0.1) is 5.92 Å². The first-order chi connectivity index (χ1) is 24.2. The van der Waals surface area contributed by atoms with Gasteiger partial charge in [0.2, 0.25) is 17.7 Å². The van der Waals surface area contributed by atoms with E-state index in [2.05, 4.69) is 38.1 Å². The average Bonchev–Trinajstić information content (AvgIpc) is 3.48. The summed E-state index contributed by atoms with van der Waals surface area (Å²) >= 11 is 0. The molecule has 0 radical (unpaired) electrons. The predicted octanol–water partition coefficient (Wildman–Crippen LogP) is 4.95. The molecule has 1 aliphatic heterocycles. The molecule has 2 aromatic carbocycles. The maximum Gasteiger partial charge on any atom is 0.270 e. The third kappa shape index (κ3) is 10.0. The zero-order valence-electron chi connectivity index (χ0n) is 29.8. The van der Waals surface area contributed by atoms with E-state index in [0.717, 1.165) is 63.7 Å². The van der Waals surface area contributed by atoms with Crippen LogP contribution in [-0.4, -0.2) is 81.5 Å². The van der Waals surface area contributed by atoms with Crippen LogP contribution in [-0.2, 0) is 27.3 Å². The van der Waals surface area contributed by atoms with E-state index in [0.29, 0.717) is 30.9 Å². The standard InChI is InChI=1S/C39H53N7O4/c1-4-35(47)42-33(39(50)45-24-22-44(23-25-45)27-30-12-8-7-9-13-30)26-29-16-18-32(19-17-29)41-38(49)36(31-14-10-5-6-11-15-31)43-37(48)34-20-21-40-46(34)28(2)3/h7-9,12-13,16-21,28,31,33,36H,4-6,10-11,14-15,22-27H2,1-3H3,(H,41,49)(H,42,47)(H,43,48)/t33?,36-/m0/s1. The number of rotatable bonds is 13. The maximum atomic E-state index is 13.8. The van der Waals surface area contributed by atoms with Crippen LogP contribution in [0.4, 0.5) is 5.69 Å². The van der Waals surface area contributed by atoms with E-state index in [-0.39, 0.29) is 42.0 Å². The summed E-state index contributed by atoms with van der Waals surface area (Å²) in [7, 11) is 0. The highest BCUT2D eigenvalue weighted by Crippen LogP contribution is 2.27. The summed E-state index contributed by atoms with van der Waals surface area (Å²) in [6, 6.07) is 18.0. The number of anilines is 1. The fourth-order valence-corrected chi connectivity index (χ4v) is 7.03. The van der Waals surface area contributed by atoms with Crippen LogP contribution in [0.1, 0.15) is 93.4 Å². The van der Waals surface area contributed by atoms with Gasteiger partial charge in [-0.2, -0.15) is 5.10 Å². The molecule has 268 valence electrons. The molecule has 1 aliphatic carbocycles. The maximum absolute atomic E-state index is 13.8. The third-order valence-corrected chi connectivity index (χ3v) is 9.88. The van der Waals surface area contributed by atoms with E-state index in [9.17, 15) is 19.2 Å². The van der Waals surface area contributed by atoms with Crippen LogP contribution >= 0.6 is 0 Å². The SMILES string of the molecule is CCC(=O)NC(Cc1ccc(NC(=O)[C@@H](NC(=O)c2ccnn2C(C)C)C2CCCCCC2)cc1)C(=O)N1CCN(Cc2ccccc2)CC1. The predicted molar refractivity (Wildman–Crippen MR) is 194 cm³/mol. The number of piperazine rings is 1. The van der Waals surface area contributed by atoms with Gasteiger partial charge < -0.3 is 20.9 Å². The minimum atomic E-state index is -0.685. The quantitative estimate of drug-likeness (QED) is 0.219. The van der Waals surface area contributed by atoms with Crippen molar-refractivity contribution in [2.45, 2.75) is 96.8 Å². The van der Waals surface area contributed by atoms with Crippen molar-refractivity contribution in [1.82, 2.24) is 30.2 Å². The Balaban J connectivity index is 1.22. The monoisotopic (exact) mass is 683 g/mol. The van der Waals surface area contributed by atoms with Gasteiger partial charge in [-0.25, -0.2) is 0 Å². The summed E-state index contributed by atoms with van der Waals surface area (Å²) < 4.78 is 1.67. The number of hydrogen-bond acceptors (Lipinski definition) is 6. The van der Waals surface area contributed by atoms with Crippen molar-refractivity contribution in [3.05, 3.63) is 83.7 Å². The van der Waals surface area contributed by atoms with Gasteiger partial charge >= 0.3 is 0 Å². The molecule has 0 bridgehead atoms. The van der Waals surface area contributed by atoms with Crippen LogP contribution in [0.5, 0.6) is 0 Å². The van der Waals surface area contributed by atoms with Gasteiger partial charge in [0.15, 0.2) is 0 Å². The Morgan fingerprint density at radius 2 is 1.50 bits per heavy atom. The molecule has 11 heteroatoms. The lowest BCUT2D eigenvalue weighted by atomic mass is 9.91. The fraction of sp³-hybridized carbons (Fsp3) is 0.513. The second-order valence-corrected chi connectivity index (χ2v) is 13.9. The Kier molecular flexibility index (Phi) is 13.2. The number of carbonyl (C=O) groups is 4. The molecule has 5 rings (SSSR count). The average molecular weight is 684 g/mol. The Hall–Kier alpha value is -4.51. The molecular weight excluding hydrogens is 630 g/mol. The third-order valence-electron chi connectivity index (χ3n) is 9.88. The number of carbonyl (C=O) groups excluding carboxylic acids is 4. The Morgan fingerprint density at radius 1 is 0.820 bits per heavy atom. The van der Waals surface area contributed by atoms with E-state index >= 15 is 0 Å². The van der Waals surface area contributed by atoms with E-state index in [1.165, 1.54) is 5.56 Å². The lowest BCUT2D eigenvalue weighted by Crippen LogP contribution is -2.55. The molecule has 1 saturated carbocycles. The second kappa shape index (κ2) is 17.9. The Bertz CT molecular complexity index is 1560. The topological polar surface area (TPSA) is 129 Å². The fourth-order valence-electron chi connectivity index (χ4n) is 7.03. The smallest absolute Gasteiger partial charge is 0.270 e. The molecule has 4 amide bonds. The first-order valence-electron chi connectivity index (χ1n) is 18.3. The van der Waals surface area contributed by atoms with Crippen LogP contribution in [0.3, 0.4) is 0 Å². The summed E-state index contributed by atoms with van der Waals surface area (Å²) in [5, 5.41) is 13.3. The number of amides is 4. The highest BCUT2D eigenvalue weighted by atomic mass is 16.2. The zero-order valence-corrected chi connectivity index (χ0v) is 29.8. The molecule has 3 aromatic rings. The van der Waals surface area contributed by atoms with Crippen molar-refractivity contribution >= 4 is 29.3 Å². The minimum absolute atomic E-state index is 0.00903. The Morgan fingerprint density at radius 3 is 2.14 bits per heavy atom. The van der Waals surface area contributed by atoms with Gasteiger partial charge in [-0.3, -0.25) is 28.8 Å². The van der Waals surface area contributed by atoms with Crippen molar-refractivity contribution in [1.29, 1.82) is 0 Å². The first-order valence-corrected chi connectivity index (χ1v) is 18.3. The van der Waals surface area contributed by atoms with Gasteiger partial charge in [-0.1, -0.05) is 75.1 Å². The lowest BCUT2D eigenvalue weighted by molar-refractivity contribution is -0.138. The molecule has 2 heterocycles. The van der Waals surface area contributed by atoms with Gasteiger partial charge in [-0.05, 0) is 61.9 Å². The Labute approximate surface area is 296 Å². The number of hydrogen-bond donors (Lipinski definition) is 3. The molecule has 50 heavy (non-hydrogen) atoms. The van der Waals surface area contributed by atoms with Gasteiger partial charge in [0.05, 0.1) is 0 Å². The highest BCUT2D eigenvalue weighted by Gasteiger charge is 2.32. The molecule has 0 spiro atoms. The molecular formula is C39H53N7O4. The summed E-state index contributed by atoms with van der Waals surface area (Å²) in [6.07, 6.45) is 8.31. The minimum Gasteiger partial charge on any atom is -0.344 e. The van der Waals surface area contributed by atoms with Crippen molar-refractivity contribution in [2.75, 3.05) is 31.5 Å². The lowest BCUT2D eigenvalue weighted by Gasteiger charge is -2.36. The molecule has 2 aliphatic rings. The van der Waals surface area contributed by atoms with Gasteiger partial charge in [0.25, 0.3) is 5.91 Å². The largest absolute Gasteiger partial charge is 0.344 e. The molecule has 2 atom stereocenters. The summed E-state index contributed by atoms with van der Waals surface area (Å²) in [5.74, 6) is -0.769. The van der Waals surface area contributed by atoms with Gasteiger partial charge in [0.1, 0.15) is 17.8 Å². The second-order valence-electron chi connectivity index (χ2n) is 13.9. The summed E-state index contributed by atoms with van der Waals surface area (Å²) in [5.41, 5.74) is 3.16. The number of nitrogens with zero attached hydrogens (tertiary/aromatic N) is 4. The molecule has 3 N–H and O–H groups in total. The van der Waals surface area contributed by atoms with E-state index in [4.69, 9.17) is 0 Å².